The number of benzene rings is 1. The number of carbonyl (C=O) groups is 1. The molecule has 0 saturated carbocycles. The molecular weight excluding hydrogens is 475 g/mol. The monoisotopic (exact) mass is 496 g/mol. The molecule has 2 saturated heterocycles. The number of pyridine rings is 1. The summed E-state index contributed by atoms with van der Waals surface area (Å²) in [6.45, 7) is 11.9. The van der Waals surface area contributed by atoms with E-state index < -0.39 is 5.82 Å². The summed E-state index contributed by atoms with van der Waals surface area (Å²) in [6.07, 6.45) is 1.38. The van der Waals surface area contributed by atoms with Gasteiger partial charge in [0.1, 0.15) is 12.1 Å². The molecule has 0 bridgehead atoms. The largest absolute Gasteiger partial charge is 0.370 e. The number of ether oxygens (including phenoxy) is 1. The van der Waals surface area contributed by atoms with E-state index in [9.17, 15) is 9.18 Å². The van der Waals surface area contributed by atoms with Crippen molar-refractivity contribution >= 4 is 23.2 Å². The summed E-state index contributed by atoms with van der Waals surface area (Å²) < 4.78 is 21.4. The summed E-state index contributed by atoms with van der Waals surface area (Å²) in [6, 6.07) is 6.57. The van der Waals surface area contributed by atoms with Crippen molar-refractivity contribution in [2.75, 3.05) is 32.8 Å². The third-order valence-corrected chi connectivity index (χ3v) is 6.91. The molecule has 35 heavy (non-hydrogen) atoms. The fourth-order valence-corrected chi connectivity index (χ4v) is 4.86. The van der Waals surface area contributed by atoms with Gasteiger partial charge in [0.05, 0.1) is 36.8 Å². The second-order valence-electron chi connectivity index (χ2n) is 8.57. The van der Waals surface area contributed by atoms with E-state index in [4.69, 9.17) is 22.9 Å². The van der Waals surface area contributed by atoms with Crippen LogP contribution in [-0.2, 0) is 16.0 Å². The van der Waals surface area contributed by atoms with Crippen molar-refractivity contribution in [3.63, 3.8) is 0 Å². The smallest absolute Gasteiger partial charge is 0.240 e. The molecule has 0 unspecified atom stereocenters. The topological polar surface area (TPSA) is 93.6 Å². The van der Waals surface area contributed by atoms with Gasteiger partial charge in [0.2, 0.25) is 11.6 Å². The lowest BCUT2D eigenvalue weighted by molar-refractivity contribution is -0.139. The first-order valence-corrected chi connectivity index (χ1v) is 11.5. The van der Waals surface area contributed by atoms with Gasteiger partial charge in [0.15, 0.2) is 5.82 Å². The van der Waals surface area contributed by atoms with Gasteiger partial charge in [0.25, 0.3) is 0 Å². The molecule has 0 N–H and O–H groups in total. The summed E-state index contributed by atoms with van der Waals surface area (Å²) in [4.78, 5) is 24.9. The van der Waals surface area contributed by atoms with Crippen LogP contribution in [0.5, 0.6) is 0 Å². The zero-order valence-corrected chi connectivity index (χ0v) is 19.7. The van der Waals surface area contributed by atoms with Crippen LogP contribution in [0.25, 0.3) is 10.7 Å². The van der Waals surface area contributed by atoms with Gasteiger partial charge in [-0.05, 0) is 40.6 Å². The number of hydrogen-bond donors (Lipinski definition) is 0. The van der Waals surface area contributed by atoms with Crippen molar-refractivity contribution in [1.29, 1.82) is 0 Å². The molecule has 2 aromatic heterocycles. The Morgan fingerprint density at radius 2 is 2.14 bits per heavy atom. The van der Waals surface area contributed by atoms with Crippen molar-refractivity contribution in [3.05, 3.63) is 69.7 Å². The highest BCUT2D eigenvalue weighted by atomic mass is 35.5. The molecule has 180 valence electrons. The van der Waals surface area contributed by atoms with Gasteiger partial charge < -0.3 is 9.64 Å². The van der Waals surface area contributed by atoms with Gasteiger partial charge >= 0.3 is 0 Å². The Balaban J connectivity index is 1.21. The Hall–Kier alpha value is -3.46. The molecule has 12 heteroatoms. The van der Waals surface area contributed by atoms with Crippen LogP contribution in [0.2, 0.25) is 5.02 Å². The predicted octanol–water partition coefficient (Wildman–Crippen LogP) is 2.54. The Labute approximate surface area is 206 Å². The molecule has 10 nitrogen and oxygen atoms in total. The number of piperazine rings is 1. The van der Waals surface area contributed by atoms with Crippen molar-refractivity contribution in [2.45, 2.75) is 25.5 Å². The number of tetrazole rings is 1. The molecule has 0 spiro atoms. The van der Waals surface area contributed by atoms with E-state index in [1.807, 2.05) is 17.9 Å². The second kappa shape index (κ2) is 9.65. The first-order valence-electron chi connectivity index (χ1n) is 11.1. The van der Waals surface area contributed by atoms with Gasteiger partial charge in [-0.3, -0.25) is 9.69 Å². The Bertz CT molecular complexity index is 1300. The van der Waals surface area contributed by atoms with Crippen molar-refractivity contribution < 1.29 is 13.9 Å². The maximum absolute atomic E-state index is 13.9. The number of aryl methyl sites for hydroxylation is 1. The van der Waals surface area contributed by atoms with Gasteiger partial charge in [0, 0.05) is 31.9 Å². The molecule has 5 rings (SSSR count). The van der Waals surface area contributed by atoms with E-state index in [1.165, 1.54) is 17.1 Å². The first kappa shape index (κ1) is 23.3. The second-order valence-corrected chi connectivity index (χ2v) is 8.94. The summed E-state index contributed by atoms with van der Waals surface area (Å²) in [5.74, 6) is -0.00355. The minimum absolute atomic E-state index is 0.0372. The zero-order valence-electron chi connectivity index (χ0n) is 18.9. The summed E-state index contributed by atoms with van der Waals surface area (Å²) in [5.41, 5.74) is 2.05. The number of fused-ring (bicyclic) bond motifs is 1. The third-order valence-electron chi connectivity index (χ3n) is 6.51. The van der Waals surface area contributed by atoms with E-state index in [2.05, 4.69) is 30.3 Å². The maximum atomic E-state index is 13.9. The van der Waals surface area contributed by atoms with Crippen LogP contribution in [0.4, 0.5) is 10.1 Å². The first-order chi connectivity index (χ1) is 16.9. The molecule has 1 amide bonds. The van der Waals surface area contributed by atoms with Crippen LogP contribution in [0.1, 0.15) is 22.9 Å². The van der Waals surface area contributed by atoms with Crippen molar-refractivity contribution in [3.8, 4) is 5.82 Å². The normalized spacial score (nSPS) is 20.3. The molecule has 3 aromatic rings. The van der Waals surface area contributed by atoms with Crippen LogP contribution in [0, 0.1) is 19.3 Å². The molecular formula is C23H22ClFN8O2. The van der Waals surface area contributed by atoms with E-state index >= 15 is 0 Å². The number of morpholine rings is 1. The molecule has 1 aromatic carbocycles. The standard InChI is InChI=1S/C23H22ClFN8O2/c1-14-15(3-6-20(28-14)33-13-27-29-30-33)9-21(34)32-8-7-31-11-19(35-12-16(31)10-32)17-4-5-18(25)23(26-2)22(17)24/h3-6,13,16,19H,7-12H2,1H3/t16-,19-/m0/s1. The highest BCUT2D eigenvalue weighted by Gasteiger charge is 2.36. The van der Waals surface area contributed by atoms with Gasteiger partial charge in [-0.15, -0.1) is 5.10 Å². The minimum Gasteiger partial charge on any atom is -0.370 e. The number of hydrogen-bond acceptors (Lipinski definition) is 7. The Morgan fingerprint density at radius 3 is 2.89 bits per heavy atom. The van der Waals surface area contributed by atoms with E-state index in [-0.39, 0.29) is 35.2 Å². The molecule has 4 heterocycles. The maximum Gasteiger partial charge on any atom is 0.240 e. The molecule has 0 aliphatic carbocycles. The average Bonchev–Trinajstić information content (AvgIpc) is 3.40. The van der Waals surface area contributed by atoms with E-state index in [0.29, 0.717) is 44.2 Å². The number of carbonyl (C=O) groups excluding carboxylic acids is 1. The number of nitrogens with zero attached hydrogens (tertiary/aromatic N) is 8. The van der Waals surface area contributed by atoms with Crippen LogP contribution in [0.3, 0.4) is 0 Å². The molecule has 0 radical (unpaired) electrons. The van der Waals surface area contributed by atoms with Crippen LogP contribution < -0.4 is 0 Å². The van der Waals surface area contributed by atoms with Gasteiger partial charge in [-0.2, -0.15) is 4.68 Å². The van der Waals surface area contributed by atoms with Crippen molar-refractivity contribution in [2.24, 2.45) is 0 Å². The molecule has 2 atom stereocenters. The summed E-state index contributed by atoms with van der Waals surface area (Å²) in [7, 11) is 0. The van der Waals surface area contributed by atoms with Crippen LogP contribution in [-0.4, -0.2) is 79.7 Å². The van der Waals surface area contributed by atoms with Crippen LogP contribution in [0.15, 0.2) is 30.6 Å². The SMILES string of the molecule is [C-]#[N+]c1c(F)ccc([C@@H]2CN3CCN(C(=O)Cc4ccc(-n5cnnn5)nc4C)C[C@H]3CO2)c1Cl. The van der Waals surface area contributed by atoms with Crippen LogP contribution >= 0.6 is 11.6 Å². The predicted molar refractivity (Wildman–Crippen MR) is 124 cm³/mol. The third kappa shape index (κ3) is 4.60. The van der Waals surface area contributed by atoms with Crippen molar-refractivity contribution in [1.82, 2.24) is 35.0 Å². The van der Waals surface area contributed by atoms with E-state index in [1.54, 1.807) is 12.1 Å². The Morgan fingerprint density at radius 1 is 1.29 bits per heavy atom. The highest BCUT2D eigenvalue weighted by molar-refractivity contribution is 6.34. The number of rotatable bonds is 4. The quantitative estimate of drug-likeness (QED) is 0.512. The summed E-state index contributed by atoms with van der Waals surface area (Å²) in [5, 5.41) is 11.2. The molecule has 2 aliphatic heterocycles. The fourth-order valence-electron chi connectivity index (χ4n) is 4.54. The van der Waals surface area contributed by atoms with Gasteiger partial charge in [-0.25, -0.2) is 14.2 Å². The number of amides is 1. The molecule has 2 fully saturated rings. The van der Waals surface area contributed by atoms with E-state index in [0.717, 1.165) is 11.3 Å². The number of halogens is 2. The Kier molecular flexibility index (Phi) is 6.42. The highest BCUT2D eigenvalue weighted by Crippen LogP contribution is 2.38. The lowest BCUT2D eigenvalue weighted by Gasteiger charge is -2.46. The van der Waals surface area contributed by atoms with Gasteiger partial charge in [-0.1, -0.05) is 23.7 Å². The number of aromatic nitrogens is 5. The molecule has 2 aliphatic rings. The zero-order chi connectivity index (χ0) is 24.5. The average molecular weight is 497 g/mol. The summed E-state index contributed by atoms with van der Waals surface area (Å²) >= 11 is 6.29. The minimum atomic E-state index is -0.634. The lowest BCUT2D eigenvalue weighted by atomic mass is 10.0. The fraction of sp³-hybridized carbons (Fsp3) is 0.391. The lowest BCUT2D eigenvalue weighted by Crippen LogP contribution is -2.59.